The number of halogens is 2. The highest BCUT2D eigenvalue weighted by Gasteiger charge is 2.14. The molecule has 0 saturated carbocycles. The monoisotopic (exact) mass is 736 g/mol. The van der Waals surface area contributed by atoms with Crippen LogP contribution in [0, 0.1) is 11.6 Å². The van der Waals surface area contributed by atoms with Crippen LogP contribution < -0.4 is 9.47 Å². The molecule has 0 fully saturated rings. The fourth-order valence-corrected chi connectivity index (χ4v) is 5.87. The predicted molar refractivity (Wildman–Crippen MR) is 196 cm³/mol. The lowest BCUT2D eigenvalue weighted by molar-refractivity contribution is 0.0784. The van der Waals surface area contributed by atoms with Crippen LogP contribution >= 0.6 is 0 Å². The lowest BCUT2D eigenvalue weighted by Crippen LogP contribution is -2.20. The summed E-state index contributed by atoms with van der Waals surface area (Å²) in [5, 5.41) is 47.6. The van der Waals surface area contributed by atoms with E-state index in [0.29, 0.717) is 50.1 Å². The van der Waals surface area contributed by atoms with Gasteiger partial charge in [-0.1, -0.05) is 0 Å². The number of fused-ring (bicyclic) bond motifs is 4. The van der Waals surface area contributed by atoms with Crippen LogP contribution in [0.2, 0.25) is 0 Å². The second kappa shape index (κ2) is 15.4. The first-order chi connectivity index (χ1) is 26.2. The summed E-state index contributed by atoms with van der Waals surface area (Å²) >= 11 is 0. The van der Waals surface area contributed by atoms with Gasteiger partial charge in [0.15, 0.2) is 23.1 Å². The molecular formula is C38H34F2N8O6. The van der Waals surface area contributed by atoms with E-state index in [2.05, 4.69) is 30.1 Å². The van der Waals surface area contributed by atoms with Gasteiger partial charge in [-0.15, -0.1) is 0 Å². The van der Waals surface area contributed by atoms with Gasteiger partial charge in [0.25, 0.3) is 0 Å². The quantitative estimate of drug-likeness (QED) is 0.156. The van der Waals surface area contributed by atoms with Crippen LogP contribution in [0.25, 0.3) is 66.4 Å². The molecule has 0 spiro atoms. The van der Waals surface area contributed by atoms with Crippen LogP contribution in [0.4, 0.5) is 8.78 Å². The third-order valence-electron chi connectivity index (χ3n) is 8.62. The zero-order valence-electron chi connectivity index (χ0n) is 29.0. The third kappa shape index (κ3) is 7.49. The highest BCUT2D eigenvalue weighted by atomic mass is 19.1. The topological polar surface area (TPSA) is 187 Å². The van der Waals surface area contributed by atoms with Crippen molar-refractivity contribution in [2.45, 2.75) is 25.3 Å². The first kappa shape index (κ1) is 36.2. The van der Waals surface area contributed by atoms with Crippen LogP contribution in [-0.4, -0.2) is 99.6 Å². The third-order valence-corrected chi connectivity index (χ3v) is 8.62. The number of hydrogen-bond donors (Lipinski definition) is 4. The minimum absolute atomic E-state index is 0.167. The maximum atomic E-state index is 14.0. The van der Waals surface area contributed by atoms with Crippen LogP contribution in [0.5, 0.6) is 11.5 Å². The number of ether oxygens (including phenoxy) is 2. The van der Waals surface area contributed by atoms with Gasteiger partial charge < -0.3 is 29.9 Å². The maximum absolute atomic E-state index is 14.0. The van der Waals surface area contributed by atoms with Crippen molar-refractivity contribution in [2.75, 3.05) is 27.4 Å². The van der Waals surface area contributed by atoms with E-state index < -0.39 is 23.8 Å². The average molecular weight is 737 g/mol. The summed E-state index contributed by atoms with van der Waals surface area (Å²) < 4.78 is 41.0. The van der Waals surface area contributed by atoms with Crippen molar-refractivity contribution in [1.29, 1.82) is 0 Å². The lowest BCUT2D eigenvalue weighted by Gasteiger charge is -2.09. The summed E-state index contributed by atoms with van der Waals surface area (Å²) in [5.41, 5.74) is 6.34. The largest absolute Gasteiger partial charge is 0.494 e. The summed E-state index contributed by atoms with van der Waals surface area (Å²) in [6.07, 6.45) is 4.87. The van der Waals surface area contributed by atoms with Crippen molar-refractivity contribution in [1.82, 2.24) is 39.5 Å². The summed E-state index contributed by atoms with van der Waals surface area (Å²) in [7, 11) is 2.83. The lowest BCUT2D eigenvalue weighted by atomic mass is 10.1. The van der Waals surface area contributed by atoms with Gasteiger partial charge in [0.1, 0.15) is 0 Å². The molecule has 0 bridgehead atoms. The highest BCUT2D eigenvalue weighted by molar-refractivity contribution is 5.94. The molecule has 0 aliphatic carbocycles. The molecular weight excluding hydrogens is 702 g/mol. The second-order valence-corrected chi connectivity index (χ2v) is 12.4. The molecule has 4 heterocycles. The Morgan fingerprint density at radius 2 is 1.20 bits per heavy atom. The number of nitrogens with zero attached hydrogens (tertiary/aromatic N) is 8. The van der Waals surface area contributed by atoms with E-state index in [4.69, 9.17) is 19.7 Å². The van der Waals surface area contributed by atoms with E-state index in [9.17, 15) is 19.0 Å². The number of rotatable bonds is 10. The Hall–Kier alpha value is -6.20. The fourth-order valence-electron chi connectivity index (χ4n) is 5.87. The molecule has 0 radical (unpaired) electrons. The van der Waals surface area contributed by atoms with Crippen LogP contribution in [0.3, 0.4) is 0 Å². The number of methoxy groups -OCH3 is 2. The Balaban J connectivity index is 0.000000167. The summed E-state index contributed by atoms with van der Waals surface area (Å²) in [6.45, 7) is -0.313. The van der Waals surface area contributed by atoms with E-state index in [1.807, 2.05) is 18.2 Å². The van der Waals surface area contributed by atoms with Crippen molar-refractivity contribution in [3.05, 3.63) is 97.1 Å². The molecule has 276 valence electrons. The van der Waals surface area contributed by atoms with Crippen LogP contribution in [-0.2, 0) is 13.1 Å². The molecule has 8 rings (SSSR count). The number of aromatic nitrogens is 8. The average Bonchev–Trinajstić information content (AvgIpc) is 3.77. The number of benzene rings is 4. The SMILES string of the molecule is COc1ccc(-c2cnc3cc4cn(C[C@@H](O)CO)nc4cc3n2)cc1F.COc1ccc(-c2cnc3cc4cnn(C[C@@H](O)CO)c4cc3n2)cc1F. The molecule has 4 N–H and O–H groups in total. The molecule has 0 aliphatic heterocycles. The van der Waals surface area contributed by atoms with E-state index in [1.165, 1.54) is 26.4 Å². The zero-order valence-corrected chi connectivity index (χ0v) is 29.0. The summed E-state index contributed by atoms with van der Waals surface area (Å²) in [6, 6.07) is 16.6. The van der Waals surface area contributed by atoms with E-state index in [0.717, 1.165) is 16.3 Å². The Bertz CT molecular complexity index is 2600. The molecule has 4 aromatic carbocycles. The molecule has 0 unspecified atom stereocenters. The zero-order chi connectivity index (χ0) is 37.9. The van der Waals surface area contributed by atoms with Gasteiger partial charge in [0.05, 0.1) is 116 Å². The standard InChI is InChI=1S/2C19H17FN4O3/c1-27-19-3-2-11(4-14(19)20)18-7-21-16-5-12-8-24(9-13(26)10-25)23-15(12)6-17(16)22-18;1-27-19-3-2-11(4-14(19)20)17-8-21-15-5-12-7-22-24(9-13(26)10-25)18(12)6-16(15)23-17/h2*2-8,13,25-26H,9-10H2,1H3/t2*13-/m11/s1. The number of aliphatic hydroxyl groups excluding tert-OH is 4. The molecule has 8 aromatic rings. The van der Waals surface area contributed by atoms with Crippen molar-refractivity contribution >= 4 is 43.9 Å². The minimum Gasteiger partial charge on any atom is -0.494 e. The smallest absolute Gasteiger partial charge is 0.165 e. The van der Waals surface area contributed by atoms with Crippen molar-refractivity contribution in [3.8, 4) is 34.0 Å². The summed E-state index contributed by atoms with van der Waals surface area (Å²) in [4.78, 5) is 18.0. The Morgan fingerprint density at radius 1 is 0.648 bits per heavy atom. The van der Waals surface area contributed by atoms with Crippen molar-refractivity contribution in [2.24, 2.45) is 0 Å². The van der Waals surface area contributed by atoms with Gasteiger partial charge in [-0.2, -0.15) is 10.2 Å². The van der Waals surface area contributed by atoms with E-state index in [1.54, 1.807) is 64.5 Å². The Morgan fingerprint density at radius 3 is 1.76 bits per heavy atom. The molecule has 0 aliphatic rings. The van der Waals surface area contributed by atoms with Gasteiger partial charge in [-0.25, -0.2) is 18.7 Å². The van der Waals surface area contributed by atoms with Gasteiger partial charge in [-0.05, 0) is 60.7 Å². The molecule has 2 atom stereocenters. The maximum Gasteiger partial charge on any atom is 0.165 e. The molecule has 4 aromatic heterocycles. The second-order valence-electron chi connectivity index (χ2n) is 12.4. The Labute approximate surface area is 305 Å². The molecule has 0 saturated heterocycles. The van der Waals surface area contributed by atoms with Gasteiger partial charge in [0.2, 0.25) is 0 Å². The first-order valence-electron chi connectivity index (χ1n) is 16.7. The number of hydrogen-bond acceptors (Lipinski definition) is 12. The molecule has 16 heteroatoms. The van der Waals surface area contributed by atoms with Crippen molar-refractivity contribution in [3.63, 3.8) is 0 Å². The van der Waals surface area contributed by atoms with Gasteiger partial charge in [0, 0.05) is 28.1 Å². The molecule has 0 amide bonds. The Kier molecular flexibility index (Phi) is 10.3. The fraction of sp³-hybridized carbons (Fsp3) is 0.211. The predicted octanol–water partition coefficient (Wildman–Crippen LogP) is 4.29. The minimum atomic E-state index is -0.900. The van der Waals surface area contributed by atoms with E-state index >= 15 is 0 Å². The first-order valence-corrected chi connectivity index (χ1v) is 16.7. The van der Waals surface area contributed by atoms with E-state index in [-0.39, 0.29) is 37.8 Å². The normalized spacial score (nSPS) is 12.6. The molecule has 14 nitrogen and oxygen atoms in total. The van der Waals surface area contributed by atoms with Gasteiger partial charge >= 0.3 is 0 Å². The van der Waals surface area contributed by atoms with Crippen molar-refractivity contribution < 1.29 is 38.7 Å². The highest BCUT2D eigenvalue weighted by Crippen LogP contribution is 2.28. The number of aliphatic hydroxyl groups is 4. The van der Waals surface area contributed by atoms with Crippen LogP contribution in [0.1, 0.15) is 0 Å². The molecule has 54 heavy (non-hydrogen) atoms. The van der Waals surface area contributed by atoms with Crippen LogP contribution in [0.15, 0.2) is 85.5 Å². The van der Waals surface area contributed by atoms with Gasteiger partial charge in [-0.3, -0.25) is 19.3 Å². The summed E-state index contributed by atoms with van der Waals surface area (Å²) in [5.74, 6) is -0.595.